The number of carbonyl (C=O) groups excluding carboxylic acids is 1. The second kappa shape index (κ2) is 4.14. The fourth-order valence-corrected chi connectivity index (χ4v) is 1.29. The van der Waals surface area contributed by atoms with Gasteiger partial charge in [-0.05, 0) is 12.8 Å². The van der Waals surface area contributed by atoms with Crippen molar-refractivity contribution in [3.05, 3.63) is 0 Å². The summed E-state index contributed by atoms with van der Waals surface area (Å²) in [6.45, 7) is 0. The van der Waals surface area contributed by atoms with Gasteiger partial charge in [-0.3, -0.25) is 15.0 Å². The third kappa shape index (κ3) is 3.15. The van der Waals surface area contributed by atoms with Crippen molar-refractivity contribution in [3.63, 3.8) is 0 Å². The molecule has 1 aliphatic carbocycles. The Kier molecular flexibility index (Phi) is 3.33. The van der Waals surface area contributed by atoms with E-state index in [2.05, 4.69) is 15.6 Å². The van der Waals surface area contributed by atoms with Gasteiger partial charge in [-0.1, -0.05) is 0 Å². The minimum absolute atomic E-state index is 0.118. The second-order valence-electron chi connectivity index (χ2n) is 3.09. The molecule has 7 heteroatoms. The fourth-order valence-electron chi connectivity index (χ4n) is 1.29. The Morgan fingerprint density at radius 2 is 2.00 bits per heavy atom. The molecule has 0 aromatic rings. The third-order valence-electron chi connectivity index (χ3n) is 2.01. The summed E-state index contributed by atoms with van der Waals surface area (Å²) in [5.41, 5.74) is 4.72. The van der Waals surface area contributed by atoms with Gasteiger partial charge in [0.2, 0.25) is 5.91 Å². The van der Waals surface area contributed by atoms with E-state index in [0.29, 0.717) is 0 Å². The molecular weight excluding hydrogens is 201 g/mol. The molecule has 82 valence electrons. The van der Waals surface area contributed by atoms with Gasteiger partial charge in [0, 0.05) is 13.0 Å². The van der Waals surface area contributed by atoms with Crippen LogP contribution in [0.3, 0.4) is 0 Å². The average molecular weight is 212 g/mol. The van der Waals surface area contributed by atoms with Crippen LogP contribution in [0.4, 0.5) is 13.2 Å². The van der Waals surface area contributed by atoms with Gasteiger partial charge in [0.15, 0.2) is 0 Å². The maximum Gasteiger partial charge on any atom is 0.522 e. The van der Waals surface area contributed by atoms with Crippen LogP contribution in [-0.4, -0.2) is 25.4 Å². The van der Waals surface area contributed by atoms with E-state index in [4.69, 9.17) is 0 Å². The Hall–Kier alpha value is -0.820. The zero-order valence-corrected chi connectivity index (χ0v) is 7.52. The minimum atomic E-state index is -4.60. The molecule has 1 saturated carbocycles. The molecule has 0 aliphatic heterocycles. The lowest BCUT2D eigenvalue weighted by atomic mass is 9.82. The number of hydrazine groups is 1. The molecule has 1 rings (SSSR count). The average Bonchev–Trinajstić information content (AvgIpc) is 1.94. The molecule has 1 aliphatic rings. The monoisotopic (exact) mass is 212 g/mol. The highest BCUT2D eigenvalue weighted by Gasteiger charge is 2.42. The number of rotatable bonds is 3. The van der Waals surface area contributed by atoms with Crippen molar-refractivity contribution in [2.24, 2.45) is 5.92 Å². The van der Waals surface area contributed by atoms with Gasteiger partial charge in [-0.2, -0.15) is 0 Å². The number of halogens is 3. The molecule has 0 spiro atoms. The van der Waals surface area contributed by atoms with Crippen LogP contribution in [0.5, 0.6) is 0 Å². The summed E-state index contributed by atoms with van der Waals surface area (Å²) < 4.78 is 38.7. The summed E-state index contributed by atoms with van der Waals surface area (Å²) in [5, 5.41) is 0. The first kappa shape index (κ1) is 11.3. The van der Waals surface area contributed by atoms with Gasteiger partial charge >= 0.3 is 6.36 Å². The van der Waals surface area contributed by atoms with Crippen molar-refractivity contribution in [1.29, 1.82) is 0 Å². The van der Waals surface area contributed by atoms with E-state index >= 15 is 0 Å². The molecule has 0 unspecified atom stereocenters. The minimum Gasteiger partial charge on any atom is -0.292 e. The zero-order chi connectivity index (χ0) is 10.8. The number of ether oxygens (including phenoxy) is 1. The molecule has 0 bridgehead atoms. The molecule has 0 aromatic heterocycles. The molecule has 1 amide bonds. The lowest BCUT2D eigenvalue weighted by Crippen LogP contribution is -2.47. The third-order valence-corrected chi connectivity index (χ3v) is 2.01. The molecule has 0 atom stereocenters. The van der Waals surface area contributed by atoms with Crippen LogP contribution in [0.15, 0.2) is 0 Å². The summed E-state index contributed by atoms with van der Waals surface area (Å²) >= 11 is 0. The second-order valence-corrected chi connectivity index (χ2v) is 3.09. The van der Waals surface area contributed by atoms with Crippen LogP contribution < -0.4 is 10.9 Å². The molecule has 0 heterocycles. The lowest BCUT2D eigenvalue weighted by molar-refractivity contribution is -0.353. The molecule has 2 N–H and O–H groups in total. The Labute approximate surface area is 78.8 Å². The Bertz CT molecular complexity index is 213. The standard InChI is InChI=1S/C7H11F3N2O2/c1-11-12-6(13)4-2-5(3-4)14-7(8,9)10/h4-5,11H,2-3H2,1H3,(H,12,13)/t4-,5+. The van der Waals surface area contributed by atoms with Crippen LogP contribution in [0.25, 0.3) is 0 Å². The van der Waals surface area contributed by atoms with Crippen molar-refractivity contribution in [1.82, 2.24) is 10.9 Å². The highest BCUT2D eigenvalue weighted by Crippen LogP contribution is 2.34. The first-order chi connectivity index (χ1) is 6.42. The van der Waals surface area contributed by atoms with E-state index in [9.17, 15) is 18.0 Å². The van der Waals surface area contributed by atoms with Crippen LogP contribution in [0.1, 0.15) is 12.8 Å². The summed E-state index contributed by atoms with van der Waals surface area (Å²) in [4.78, 5) is 11.0. The first-order valence-electron chi connectivity index (χ1n) is 4.13. The normalized spacial score (nSPS) is 26.9. The lowest BCUT2D eigenvalue weighted by Gasteiger charge is -2.33. The predicted molar refractivity (Wildman–Crippen MR) is 40.9 cm³/mol. The Balaban J connectivity index is 2.20. The van der Waals surface area contributed by atoms with Crippen molar-refractivity contribution in [3.8, 4) is 0 Å². The maximum atomic E-state index is 11.7. The fraction of sp³-hybridized carbons (Fsp3) is 0.857. The van der Waals surface area contributed by atoms with Gasteiger partial charge in [0.05, 0.1) is 6.10 Å². The van der Waals surface area contributed by atoms with Gasteiger partial charge < -0.3 is 0 Å². The Morgan fingerprint density at radius 1 is 1.43 bits per heavy atom. The SMILES string of the molecule is CNNC(=O)[C@H]1C[C@@H](OC(F)(F)F)C1. The molecule has 0 aromatic carbocycles. The number of nitrogens with one attached hydrogen (secondary N) is 2. The van der Waals surface area contributed by atoms with E-state index in [1.54, 1.807) is 0 Å². The van der Waals surface area contributed by atoms with Gasteiger partial charge in [-0.25, -0.2) is 5.43 Å². The smallest absolute Gasteiger partial charge is 0.292 e. The number of alkyl halides is 3. The molecule has 1 fully saturated rings. The van der Waals surface area contributed by atoms with Crippen LogP contribution in [0, 0.1) is 5.92 Å². The van der Waals surface area contributed by atoms with E-state index in [-0.39, 0.29) is 24.7 Å². The van der Waals surface area contributed by atoms with E-state index in [1.807, 2.05) is 0 Å². The van der Waals surface area contributed by atoms with Crippen LogP contribution in [-0.2, 0) is 9.53 Å². The number of hydrogen-bond acceptors (Lipinski definition) is 3. The maximum absolute atomic E-state index is 11.7. The van der Waals surface area contributed by atoms with Gasteiger partial charge in [0.1, 0.15) is 0 Å². The first-order valence-corrected chi connectivity index (χ1v) is 4.13. The van der Waals surface area contributed by atoms with Gasteiger partial charge in [0.25, 0.3) is 0 Å². The van der Waals surface area contributed by atoms with Crippen LogP contribution >= 0.6 is 0 Å². The summed E-state index contributed by atoms with van der Waals surface area (Å²) in [5.74, 6) is -0.677. The molecule has 0 saturated heterocycles. The largest absolute Gasteiger partial charge is 0.522 e. The van der Waals surface area contributed by atoms with Gasteiger partial charge in [-0.15, -0.1) is 13.2 Å². The topological polar surface area (TPSA) is 50.4 Å². The molecular formula is C7H11F3N2O2. The number of amides is 1. The molecule has 14 heavy (non-hydrogen) atoms. The molecule has 0 radical (unpaired) electrons. The van der Waals surface area contributed by atoms with E-state index in [1.165, 1.54) is 7.05 Å². The van der Waals surface area contributed by atoms with Crippen molar-refractivity contribution in [2.45, 2.75) is 25.3 Å². The van der Waals surface area contributed by atoms with Crippen LogP contribution in [0.2, 0.25) is 0 Å². The van der Waals surface area contributed by atoms with Crippen molar-refractivity contribution < 1.29 is 22.7 Å². The van der Waals surface area contributed by atoms with E-state index in [0.717, 1.165) is 0 Å². The van der Waals surface area contributed by atoms with E-state index < -0.39 is 12.5 Å². The highest BCUT2D eigenvalue weighted by atomic mass is 19.4. The van der Waals surface area contributed by atoms with Crippen molar-refractivity contribution >= 4 is 5.91 Å². The predicted octanol–water partition coefficient (Wildman–Crippen LogP) is 0.552. The zero-order valence-electron chi connectivity index (χ0n) is 7.52. The number of hydrogen-bond donors (Lipinski definition) is 2. The quantitative estimate of drug-likeness (QED) is 0.672. The summed E-state index contributed by atoms with van der Waals surface area (Å²) in [6, 6.07) is 0. The highest BCUT2D eigenvalue weighted by molar-refractivity contribution is 5.79. The summed E-state index contributed by atoms with van der Waals surface area (Å²) in [7, 11) is 1.51. The number of carbonyl (C=O) groups is 1. The Morgan fingerprint density at radius 3 is 2.43 bits per heavy atom. The molecule has 4 nitrogen and oxygen atoms in total. The van der Waals surface area contributed by atoms with Crippen molar-refractivity contribution in [2.75, 3.05) is 7.05 Å². The summed E-state index contributed by atoms with van der Waals surface area (Å²) in [6.07, 6.45) is -5.24.